The fourth-order valence-corrected chi connectivity index (χ4v) is 3.56. The number of carbonyl (C=O) groups excluding carboxylic acids is 1. The SMILES string of the molecule is CN1CCN(c2cc(Cn3nc(C(=O)Nc4ccc(OC(F)(F)F)cc4)ccc3=O)ccn2)CC1. The minimum Gasteiger partial charge on any atom is -0.406 e. The number of hydrogen-bond donors (Lipinski definition) is 1. The van der Waals surface area contributed by atoms with Crippen molar-refractivity contribution >= 4 is 17.4 Å². The number of halogens is 3. The van der Waals surface area contributed by atoms with Crippen LogP contribution < -0.4 is 20.5 Å². The molecule has 3 heterocycles. The number of likely N-dealkylation sites (N-methyl/N-ethyl adjacent to an activating group) is 1. The van der Waals surface area contributed by atoms with E-state index in [4.69, 9.17) is 0 Å². The van der Waals surface area contributed by atoms with Gasteiger partial charge in [-0.05, 0) is 55.1 Å². The van der Waals surface area contributed by atoms with Crippen molar-refractivity contribution in [1.29, 1.82) is 0 Å². The molecule has 1 aromatic carbocycles. The number of rotatable bonds is 6. The number of piperazine rings is 1. The van der Waals surface area contributed by atoms with Gasteiger partial charge in [-0.3, -0.25) is 9.59 Å². The van der Waals surface area contributed by atoms with Crippen LogP contribution in [0.2, 0.25) is 0 Å². The van der Waals surface area contributed by atoms with Crippen molar-refractivity contribution in [3.63, 3.8) is 0 Å². The highest BCUT2D eigenvalue weighted by Gasteiger charge is 2.31. The highest BCUT2D eigenvalue weighted by molar-refractivity contribution is 6.02. The summed E-state index contributed by atoms with van der Waals surface area (Å²) in [6.45, 7) is 3.71. The number of carbonyl (C=O) groups is 1. The molecule has 1 saturated heterocycles. The van der Waals surface area contributed by atoms with E-state index in [1.54, 1.807) is 12.3 Å². The third kappa shape index (κ3) is 6.57. The molecule has 0 bridgehead atoms. The maximum atomic E-state index is 12.6. The number of pyridine rings is 1. The fraction of sp³-hybridized carbons (Fsp3) is 0.304. The molecule has 12 heteroatoms. The van der Waals surface area contributed by atoms with Gasteiger partial charge < -0.3 is 19.9 Å². The zero-order valence-electron chi connectivity index (χ0n) is 18.8. The van der Waals surface area contributed by atoms with E-state index in [0.717, 1.165) is 49.7 Å². The van der Waals surface area contributed by atoms with E-state index in [2.05, 4.69) is 37.0 Å². The standard InChI is InChI=1S/C23H23F3N6O3/c1-30-10-12-31(13-11-30)20-14-16(8-9-27-20)15-32-21(33)7-6-19(29-32)22(34)28-17-2-4-18(5-3-17)35-23(24,25)26/h2-9,14H,10-13,15H2,1H3,(H,28,34). The Morgan fingerprint density at radius 3 is 2.46 bits per heavy atom. The van der Waals surface area contributed by atoms with Gasteiger partial charge in [0.15, 0.2) is 0 Å². The van der Waals surface area contributed by atoms with Crippen molar-refractivity contribution in [2.75, 3.05) is 43.4 Å². The summed E-state index contributed by atoms with van der Waals surface area (Å²) < 4.78 is 41.9. The largest absolute Gasteiger partial charge is 0.573 e. The average molecular weight is 488 g/mol. The number of hydrogen-bond acceptors (Lipinski definition) is 7. The molecule has 0 radical (unpaired) electrons. The van der Waals surface area contributed by atoms with E-state index in [0.29, 0.717) is 0 Å². The number of benzene rings is 1. The molecule has 1 aliphatic rings. The minimum absolute atomic E-state index is 0.0198. The quantitative estimate of drug-likeness (QED) is 0.570. The first-order valence-corrected chi connectivity index (χ1v) is 10.8. The van der Waals surface area contributed by atoms with E-state index in [1.165, 1.54) is 28.9 Å². The van der Waals surface area contributed by atoms with Gasteiger partial charge in [0.05, 0.1) is 6.54 Å². The highest BCUT2D eigenvalue weighted by atomic mass is 19.4. The summed E-state index contributed by atoms with van der Waals surface area (Å²) in [6.07, 6.45) is -3.13. The van der Waals surface area contributed by atoms with E-state index in [9.17, 15) is 22.8 Å². The minimum atomic E-state index is -4.80. The summed E-state index contributed by atoms with van der Waals surface area (Å²) in [5, 5.41) is 6.70. The predicted molar refractivity (Wildman–Crippen MR) is 123 cm³/mol. The number of nitrogens with one attached hydrogen (secondary N) is 1. The number of amides is 1. The molecule has 184 valence electrons. The zero-order valence-corrected chi connectivity index (χ0v) is 18.8. The Kier molecular flexibility index (Phi) is 7.01. The molecule has 1 aliphatic heterocycles. The lowest BCUT2D eigenvalue weighted by Gasteiger charge is -2.33. The number of anilines is 2. The van der Waals surface area contributed by atoms with Gasteiger partial charge in [0.2, 0.25) is 0 Å². The van der Waals surface area contributed by atoms with E-state index in [1.807, 2.05) is 6.07 Å². The second-order valence-corrected chi connectivity index (χ2v) is 8.05. The van der Waals surface area contributed by atoms with Crippen molar-refractivity contribution in [2.45, 2.75) is 12.9 Å². The maximum absolute atomic E-state index is 12.6. The summed E-state index contributed by atoms with van der Waals surface area (Å²) in [4.78, 5) is 33.8. The van der Waals surface area contributed by atoms with Gasteiger partial charge in [-0.1, -0.05) is 0 Å². The van der Waals surface area contributed by atoms with Crippen molar-refractivity contribution in [3.8, 4) is 5.75 Å². The van der Waals surface area contributed by atoms with Crippen molar-refractivity contribution < 1.29 is 22.7 Å². The first kappa shape index (κ1) is 24.2. The third-order valence-electron chi connectivity index (χ3n) is 5.41. The first-order valence-electron chi connectivity index (χ1n) is 10.8. The van der Waals surface area contributed by atoms with Crippen LogP contribution in [-0.2, 0) is 6.54 Å². The Balaban J connectivity index is 1.45. The lowest BCUT2D eigenvalue weighted by atomic mass is 10.2. The Labute approximate surface area is 198 Å². The molecule has 1 N–H and O–H groups in total. The highest BCUT2D eigenvalue weighted by Crippen LogP contribution is 2.24. The molecule has 0 spiro atoms. The molecule has 4 rings (SSSR count). The normalized spacial score (nSPS) is 14.6. The Morgan fingerprint density at radius 1 is 1.06 bits per heavy atom. The fourth-order valence-electron chi connectivity index (χ4n) is 3.56. The van der Waals surface area contributed by atoms with Crippen LogP contribution in [0.25, 0.3) is 0 Å². The third-order valence-corrected chi connectivity index (χ3v) is 5.41. The molecule has 0 aliphatic carbocycles. The zero-order chi connectivity index (χ0) is 25.0. The van der Waals surface area contributed by atoms with Gasteiger partial charge in [-0.2, -0.15) is 5.10 Å². The molecular formula is C23H23F3N6O3. The molecule has 1 amide bonds. The molecule has 0 atom stereocenters. The molecule has 9 nitrogen and oxygen atoms in total. The summed E-state index contributed by atoms with van der Waals surface area (Å²) in [5.41, 5.74) is 0.651. The van der Waals surface area contributed by atoms with Crippen LogP contribution in [0.15, 0.2) is 59.5 Å². The number of nitrogens with zero attached hydrogens (tertiary/aromatic N) is 5. The predicted octanol–water partition coefficient (Wildman–Crippen LogP) is 2.59. The number of ether oxygens (including phenoxy) is 1. The summed E-state index contributed by atoms with van der Waals surface area (Å²) in [6, 6.07) is 10.9. The molecule has 0 unspecified atom stereocenters. The summed E-state index contributed by atoms with van der Waals surface area (Å²) in [5.74, 6) is -0.206. The second-order valence-electron chi connectivity index (χ2n) is 8.05. The number of aromatic nitrogens is 3. The Hall–Kier alpha value is -3.93. The summed E-state index contributed by atoms with van der Waals surface area (Å²) >= 11 is 0. The van der Waals surface area contributed by atoms with Gasteiger partial charge in [0.25, 0.3) is 11.5 Å². The maximum Gasteiger partial charge on any atom is 0.573 e. The molecule has 35 heavy (non-hydrogen) atoms. The van der Waals surface area contributed by atoms with Gasteiger partial charge in [0.1, 0.15) is 17.3 Å². The van der Waals surface area contributed by atoms with Crippen LogP contribution in [0.4, 0.5) is 24.7 Å². The van der Waals surface area contributed by atoms with Crippen LogP contribution in [0.1, 0.15) is 16.1 Å². The van der Waals surface area contributed by atoms with Crippen LogP contribution in [-0.4, -0.2) is 65.2 Å². The molecule has 3 aromatic rings. The van der Waals surface area contributed by atoms with Crippen LogP contribution in [0.3, 0.4) is 0 Å². The average Bonchev–Trinajstić information content (AvgIpc) is 2.81. The van der Waals surface area contributed by atoms with Gasteiger partial charge in [0, 0.05) is 44.1 Å². The Bertz CT molecular complexity index is 1240. The lowest BCUT2D eigenvalue weighted by Crippen LogP contribution is -2.44. The monoisotopic (exact) mass is 488 g/mol. The van der Waals surface area contributed by atoms with Crippen LogP contribution >= 0.6 is 0 Å². The Morgan fingerprint density at radius 2 is 1.77 bits per heavy atom. The molecule has 0 saturated carbocycles. The van der Waals surface area contributed by atoms with Gasteiger partial charge in [-0.15, -0.1) is 13.2 Å². The second kappa shape index (κ2) is 10.1. The van der Waals surface area contributed by atoms with Gasteiger partial charge >= 0.3 is 6.36 Å². The van der Waals surface area contributed by atoms with E-state index >= 15 is 0 Å². The van der Waals surface area contributed by atoms with Crippen molar-refractivity contribution in [1.82, 2.24) is 19.7 Å². The van der Waals surface area contributed by atoms with Crippen LogP contribution in [0, 0.1) is 0 Å². The van der Waals surface area contributed by atoms with Crippen molar-refractivity contribution in [3.05, 3.63) is 76.3 Å². The van der Waals surface area contributed by atoms with Gasteiger partial charge in [-0.25, -0.2) is 9.67 Å². The topological polar surface area (TPSA) is 92.6 Å². The molecule has 1 fully saturated rings. The summed E-state index contributed by atoms with van der Waals surface area (Å²) in [7, 11) is 2.07. The number of alkyl halides is 3. The molecule has 2 aromatic heterocycles. The lowest BCUT2D eigenvalue weighted by molar-refractivity contribution is -0.274. The van der Waals surface area contributed by atoms with Crippen molar-refractivity contribution in [2.24, 2.45) is 0 Å². The smallest absolute Gasteiger partial charge is 0.406 e. The molecular weight excluding hydrogens is 465 g/mol. The van der Waals surface area contributed by atoms with Crippen LogP contribution in [0.5, 0.6) is 5.75 Å². The first-order chi connectivity index (χ1) is 16.7. The van der Waals surface area contributed by atoms with E-state index in [-0.39, 0.29) is 23.5 Å². The van der Waals surface area contributed by atoms with E-state index < -0.39 is 18.0 Å².